The Morgan fingerprint density at radius 2 is 2.00 bits per heavy atom. The van der Waals surface area contributed by atoms with Gasteiger partial charge in [-0.3, -0.25) is 9.59 Å². The standard InChI is InChI=1S/C17H23F2N3O4S/c1-27(25,26)22-9-2-3-12(6-8-20-16(23)7-10-22)17(24)21-15-5-4-13(18)11-14(15)19/h4-5,11-12H,2-3,6-10H2,1H3,(H,20,23)(H,21,24). The summed E-state index contributed by atoms with van der Waals surface area (Å²) in [6.45, 7) is 0.533. The first-order chi connectivity index (χ1) is 12.7. The molecule has 0 bridgehead atoms. The normalized spacial score (nSPS) is 20.4. The average Bonchev–Trinajstić information content (AvgIpc) is 2.61. The van der Waals surface area contributed by atoms with E-state index in [1.165, 1.54) is 4.31 Å². The Bertz CT molecular complexity index is 801. The summed E-state index contributed by atoms with van der Waals surface area (Å²) < 4.78 is 51.6. The zero-order chi connectivity index (χ0) is 20.0. The molecule has 0 radical (unpaired) electrons. The minimum Gasteiger partial charge on any atom is -0.356 e. The van der Waals surface area contributed by atoms with Crippen molar-refractivity contribution in [2.45, 2.75) is 25.7 Å². The van der Waals surface area contributed by atoms with Crippen molar-refractivity contribution in [2.75, 3.05) is 31.2 Å². The molecular weight excluding hydrogens is 380 g/mol. The van der Waals surface area contributed by atoms with Crippen LogP contribution in [0.15, 0.2) is 18.2 Å². The van der Waals surface area contributed by atoms with Crippen LogP contribution < -0.4 is 10.6 Å². The molecule has 1 heterocycles. The van der Waals surface area contributed by atoms with Gasteiger partial charge < -0.3 is 10.6 Å². The number of halogens is 2. The van der Waals surface area contributed by atoms with Crippen LogP contribution in [0, 0.1) is 17.6 Å². The Morgan fingerprint density at radius 1 is 1.26 bits per heavy atom. The minimum atomic E-state index is -3.46. The van der Waals surface area contributed by atoms with Gasteiger partial charge in [0.15, 0.2) is 0 Å². The maximum absolute atomic E-state index is 13.7. The summed E-state index contributed by atoms with van der Waals surface area (Å²) >= 11 is 0. The lowest BCUT2D eigenvalue weighted by molar-refractivity contribution is -0.122. The zero-order valence-electron chi connectivity index (χ0n) is 15.0. The van der Waals surface area contributed by atoms with E-state index in [4.69, 9.17) is 0 Å². The van der Waals surface area contributed by atoms with Gasteiger partial charge in [0.1, 0.15) is 11.6 Å². The molecule has 0 spiro atoms. The number of hydrogen-bond acceptors (Lipinski definition) is 4. The van der Waals surface area contributed by atoms with Crippen molar-refractivity contribution in [1.82, 2.24) is 9.62 Å². The van der Waals surface area contributed by atoms with Crippen LogP contribution in [0.3, 0.4) is 0 Å². The van der Waals surface area contributed by atoms with Crippen LogP contribution in [0.5, 0.6) is 0 Å². The SMILES string of the molecule is CS(=O)(=O)N1CCCC(C(=O)Nc2ccc(F)cc2F)CCNC(=O)CC1. The van der Waals surface area contributed by atoms with Gasteiger partial charge in [-0.25, -0.2) is 21.5 Å². The second kappa shape index (κ2) is 9.23. The van der Waals surface area contributed by atoms with E-state index >= 15 is 0 Å². The third-order valence-corrected chi connectivity index (χ3v) is 5.70. The quantitative estimate of drug-likeness (QED) is 0.799. The summed E-state index contributed by atoms with van der Waals surface area (Å²) in [5.41, 5.74) is -0.127. The van der Waals surface area contributed by atoms with Crippen LogP contribution >= 0.6 is 0 Å². The van der Waals surface area contributed by atoms with Crippen LogP contribution in [-0.2, 0) is 19.6 Å². The summed E-state index contributed by atoms with van der Waals surface area (Å²) in [5.74, 6) is -2.93. The summed E-state index contributed by atoms with van der Waals surface area (Å²) in [6, 6.07) is 2.86. The molecule has 0 aromatic heterocycles. The predicted molar refractivity (Wildman–Crippen MR) is 96.4 cm³/mol. The maximum atomic E-state index is 13.7. The van der Waals surface area contributed by atoms with E-state index in [-0.39, 0.29) is 37.6 Å². The molecule has 1 unspecified atom stereocenters. The number of carbonyl (C=O) groups excluding carboxylic acids is 2. The fraction of sp³-hybridized carbons (Fsp3) is 0.529. The van der Waals surface area contributed by atoms with E-state index in [1.807, 2.05) is 0 Å². The molecule has 2 N–H and O–H groups in total. The molecule has 0 aliphatic carbocycles. The van der Waals surface area contributed by atoms with Gasteiger partial charge in [-0.15, -0.1) is 0 Å². The number of amides is 2. The summed E-state index contributed by atoms with van der Waals surface area (Å²) in [4.78, 5) is 24.3. The van der Waals surface area contributed by atoms with Gasteiger partial charge in [0.2, 0.25) is 21.8 Å². The topological polar surface area (TPSA) is 95.6 Å². The summed E-state index contributed by atoms with van der Waals surface area (Å²) in [6.07, 6.45) is 2.25. The highest BCUT2D eigenvalue weighted by Gasteiger charge is 2.23. The summed E-state index contributed by atoms with van der Waals surface area (Å²) in [5, 5.41) is 5.09. The van der Waals surface area contributed by atoms with Crippen molar-refractivity contribution in [1.29, 1.82) is 0 Å². The average molecular weight is 403 g/mol. The Hall–Kier alpha value is -2.07. The number of sulfonamides is 1. The van der Waals surface area contributed by atoms with Crippen molar-refractivity contribution in [3.05, 3.63) is 29.8 Å². The number of rotatable bonds is 3. The van der Waals surface area contributed by atoms with Gasteiger partial charge in [0.05, 0.1) is 11.9 Å². The second-order valence-corrected chi connectivity index (χ2v) is 8.49. The first-order valence-corrected chi connectivity index (χ1v) is 10.5. The number of anilines is 1. The van der Waals surface area contributed by atoms with Crippen molar-refractivity contribution in [3.8, 4) is 0 Å². The van der Waals surface area contributed by atoms with Crippen LogP contribution in [0.4, 0.5) is 14.5 Å². The molecular formula is C17H23F2N3O4S. The van der Waals surface area contributed by atoms with Crippen LogP contribution in [-0.4, -0.2) is 50.4 Å². The third kappa shape index (κ3) is 6.55. The molecule has 1 aliphatic rings. The third-order valence-electron chi connectivity index (χ3n) is 4.39. The fourth-order valence-electron chi connectivity index (χ4n) is 2.89. The fourth-order valence-corrected chi connectivity index (χ4v) is 3.77. The molecule has 1 aromatic carbocycles. The number of hydrogen-bond donors (Lipinski definition) is 2. The van der Waals surface area contributed by atoms with Crippen molar-refractivity contribution in [3.63, 3.8) is 0 Å². The van der Waals surface area contributed by atoms with E-state index in [9.17, 15) is 26.8 Å². The van der Waals surface area contributed by atoms with Gasteiger partial charge >= 0.3 is 0 Å². The lowest BCUT2D eigenvalue weighted by Gasteiger charge is -2.20. The molecule has 1 fully saturated rings. The van der Waals surface area contributed by atoms with Crippen molar-refractivity contribution >= 4 is 27.5 Å². The molecule has 7 nitrogen and oxygen atoms in total. The Labute approximate surface area is 157 Å². The molecule has 0 saturated carbocycles. The molecule has 1 saturated heterocycles. The lowest BCUT2D eigenvalue weighted by Crippen LogP contribution is -2.35. The highest BCUT2D eigenvalue weighted by molar-refractivity contribution is 7.88. The van der Waals surface area contributed by atoms with Gasteiger partial charge in [-0.1, -0.05) is 0 Å². The number of benzene rings is 1. The number of nitrogens with zero attached hydrogens (tertiary/aromatic N) is 1. The van der Waals surface area contributed by atoms with Crippen molar-refractivity contribution < 1.29 is 26.8 Å². The molecule has 1 aromatic rings. The van der Waals surface area contributed by atoms with E-state index in [0.717, 1.165) is 18.4 Å². The Morgan fingerprint density at radius 3 is 2.67 bits per heavy atom. The van der Waals surface area contributed by atoms with Gasteiger partial charge in [0.25, 0.3) is 0 Å². The smallest absolute Gasteiger partial charge is 0.227 e. The summed E-state index contributed by atoms with van der Waals surface area (Å²) in [7, 11) is -3.46. The highest BCUT2D eigenvalue weighted by atomic mass is 32.2. The van der Waals surface area contributed by atoms with Crippen LogP contribution in [0.1, 0.15) is 25.7 Å². The van der Waals surface area contributed by atoms with Gasteiger partial charge in [-0.2, -0.15) is 0 Å². The van der Waals surface area contributed by atoms with E-state index in [0.29, 0.717) is 25.3 Å². The molecule has 10 heteroatoms. The zero-order valence-corrected chi connectivity index (χ0v) is 15.8. The number of nitrogens with one attached hydrogen (secondary N) is 2. The van der Waals surface area contributed by atoms with E-state index in [1.54, 1.807) is 0 Å². The highest BCUT2D eigenvalue weighted by Crippen LogP contribution is 2.20. The largest absolute Gasteiger partial charge is 0.356 e. The second-order valence-electron chi connectivity index (χ2n) is 6.50. The van der Waals surface area contributed by atoms with Crippen LogP contribution in [0.2, 0.25) is 0 Å². The number of carbonyl (C=O) groups is 2. The lowest BCUT2D eigenvalue weighted by atomic mass is 9.98. The molecule has 150 valence electrons. The molecule has 1 aliphatic heterocycles. The molecule has 2 amide bonds. The van der Waals surface area contributed by atoms with E-state index < -0.39 is 33.5 Å². The minimum absolute atomic E-state index is 0.0464. The monoisotopic (exact) mass is 403 g/mol. The molecule has 1 atom stereocenters. The van der Waals surface area contributed by atoms with Gasteiger partial charge in [-0.05, 0) is 31.4 Å². The van der Waals surface area contributed by atoms with Crippen LogP contribution in [0.25, 0.3) is 0 Å². The molecule has 2 rings (SSSR count). The molecule has 27 heavy (non-hydrogen) atoms. The first kappa shape index (κ1) is 21.2. The predicted octanol–water partition coefficient (Wildman–Crippen LogP) is 1.47. The maximum Gasteiger partial charge on any atom is 0.227 e. The Kier molecular flexibility index (Phi) is 7.25. The van der Waals surface area contributed by atoms with Gasteiger partial charge in [0, 0.05) is 38.0 Å². The van der Waals surface area contributed by atoms with E-state index in [2.05, 4.69) is 10.6 Å². The van der Waals surface area contributed by atoms with Crippen molar-refractivity contribution in [2.24, 2.45) is 5.92 Å². The first-order valence-electron chi connectivity index (χ1n) is 8.64. The Balaban J connectivity index is 2.07.